The van der Waals surface area contributed by atoms with Gasteiger partial charge in [0.1, 0.15) is 11.8 Å². The molecule has 0 heterocycles. The maximum absolute atomic E-state index is 12.5. The quantitative estimate of drug-likeness (QED) is 0.536. The van der Waals surface area contributed by atoms with Crippen molar-refractivity contribution in [2.45, 2.75) is 26.3 Å². The first-order valence-electron chi connectivity index (χ1n) is 9.56. The maximum atomic E-state index is 12.5. The van der Waals surface area contributed by atoms with Gasteiger partial charge in [0.2, 0.25) is 0 Å². The standard InChI is InChI=1S/C22H24Cl2N2O5/c1-13(2)10-18(26-21(28)14-4-6-15(23)7-5-14)22(29)31-12-20(27)25-16-8-9-19(30-3)17(24)11-16/h4-9,11,13,18H,10,12H2,1-3H3,(H,25,27)(H,26,28)/t18-/m0/s1. The average Bonchev–Trinajstić information content (AvgIpc) is 2.71. The van der Waals surface area contributed by atoms with Gasteiger partial charge in [-0.15, -0.1) is 0 Å². The minimum absolute atomic E-state index is 0.110. The largest absolute Gasteiger partial charge is 0.495 e. The number of carbonyl (C=O) groups excluding carboxylic acids is 3. The summed E-state index contributed by atoms with van der Waals surface area (Å²) in [5.41, 5.74) is 0.793. The van der Waals surface area contributed by atoms with Gasteiger partial charge in [-0.3, -0.25) is 9.59 Å². The van der Waals surface area contributed by atoms with E-state index in [1.165, 1.54) is 13.2 Å². The van der Waals surface area contributed by atoms with Crippen molar-refractivity contribution in [3.05, 3.63) is 58.1 Å². The Bertz CT molecular complexity index is 932. The van der Waals surface area contributed by atoms with Crippen LogP contribution in [0.4, 0.5) is 5.69 Å². The van der Waals surface area contributed by atoms with Crippen LogP contribution in [-0.4, -0.2) is 37.5 Å². The average molecular weight is 467 g/mol. The summed E-state index contributed by atoms with van der Waals surface area (Å²) in [6, 6.07) is 10.1. The van der Waals surface area contributed by atoms with Gasteiger partial charge in [0.25, 0.3) is 11.8 Å². The molecule has 2 amide bonds. The molecule has 7 nitrogen and oxygen atoms in total. The van der Waals surface area contributed by atoms with Crippen LogP contribution in [-0.2, 0) is 14.3 Å². The highest BCUT2D eigenvalue weighted by Crippen LogP contribution is 2.27. The van der Waals surface area contributed by atoms with Crippen LogP contribution in [0.2, 0.25) is 10.0 Å². The van der Waals surface area contributed by atoms with E-state index in [1.807, 2.05) is 13.8 Å². The van der Waals surface area contributed by atoms with Gasteiger partial charge in [-0.25, -0.2) is 4.79 Å². The molecule has 31 heavy (non-hydrogen) atoms. The van der Waals surface area contributed by atoms with E-state index in [1.54, 1.807) is 36.4 Å². The van der Waals surface area contributed by atoms with E-state index in [9.17, 15) is 14.4 Å². The number of rotatable bonds is 9. The topological polar surface area (TPSA) is 93.7 Å². The number of carbonyl (C=O) groups is 3. The summed E-state index contributed by atoms with van der Waals surface area (Å²) in [5, 5.41) is 6.07. The first-order valence-corrected chi connectivity index (χ1v) is 10.3. The minimum atomic E-state index is -0.897. The van der Waals surface area contributed by atoms with Crippen LogP contribution in [0.5, 0.6) is 5.75 Å². The number of methoxy groups -OCH3 is 1. The van der Waals surface area contributed by atoms with Crippen LogP contribution in [0.3, 0.4) is 0 Å². The number of anilines is 1. The highest BCUT2D eigenvalue weighted by Gasteiger charge is 2.24. The van der Waals surface area contributed by atoms with Gasteiger partial charge in [0, 0.05) is 16.3 Å². The Labute approximate surface area is 191 Å². The number of nitrogens with one attached hydrogen (secondary N) is 2. The highest BCUT2D eigenvalue weighted by molar-refractivity contribution is 6.32. The van der Waals surface area contributed by atoms with E-state index >= 15 is 0 Å². The molecule has 2 aromatic carbocycles. The van der Waals surface area contributed by atoms with E-state index in [4.69, 9.17) is 32.7 Å². The summed E-state index contributed by atoms with van der Waals surface area (Å²) >= 11 is 11.9. The van der Waals surface area contributed by atoms with E-state index in [0.29, 0.717) is 33.5 Å². The normalized spacial score (nSPS) is 11.5. The number of ether oxygens (including phenoxy) is 2. The van der Waals surface area contributed by atoms with Crippen LogP contribution in [0.25, 0.3) is 0 Å². The molecule has 0 saturated heterocycles. The molecule has 2 N–H and O–H groups in total. The fourth-order valence-electron chi connectivity index (χ4n) is 2.71. The van der Waals surface area contributed by atoms with Gasteiger partial charge < -0.3 is 20.1 Å². The number of halogens is 2. The monoisotopic (exact) mass is 466 g/mol. The summed E-state index contributed by atoms with van der Waals surface area (Å²) in [6.45, 7) is 3.32. The summed E-state index contributed by atoms with van der Waals surface area (Å²) < 4.78 is 10.2. The lowest BCUT2D eigenvalue weighted by molar-refractivity contribution is -0.149. The second kappa shape index (κ2) is 11.6. The van der Waals surface area contributed by atoms with E-state index in [0.717, 1.165) is 0 Å². The first kappa shape index (κ1) is 24.5. The number of benzene rings is 2. The van der Waals surface area contributed by atoms with Crippen LogP contribution in [0.15, 0.2) is 42.5 Å². The van der Waals surface area contributed by atoms with Gasteiger partial charge in [0.15, 0.2) is 6.61 Å². The SMILES string of the molecule is COc1ccc(NC(=O)COC(=O)[C@H](CC(C)C)NC(=O)c2ccc(Cl)cc2)cc1Cl. The molecule has 166 valence electrons. The molecule has 0 fully saturated rings. The predicted molar refractivity (Wildman–Crippen MR) is 120 cm³/mol. The van der Waals surface area contributed by atoms with E-state index in [-0.39, 0.29) is 5.92 Å². The third kappa shape index (κ3) is 7.77. The van der Waals surface area contributed by atoms with Crippen molar-refractivity contribution in [2.24, 2.45) is 5.92 Å². The summed E-state index contributed by atoms with van der Waals surface area (Å²) in [6.07, 6.45) is 0.355. The Kier molecular flexibility index (Phi) is 9.15. The molecule has 0 aliphatic heterocycles. The molecule has 0 radical (unpaired) electrons. The van der Waals surface area contributed by atoms with E-state index in [2.05, 4.69) is 10.6 Å². The van der Waals surface area contributed by atoms with Crippen molar-refractivity contribution in [1.29, 1.82) is 0 Å². The third-order valence-electron chi connectivity index (χ3n) is 4.18. The predicted octanol–water partition coefficient (Wildman–Crippen LogP) is 4.33. The third-order valence-corrected chi connectivity index (χ3v) is 4.73. The van der Waals surface area contributed by atoms with Gasteiger partial charge in [-0.2, -0.15) is 0 Å². The van der Waals surface area contributed by atoms with Crippen LogP contribution in [0, 0.1) is 5.92 Å². The van der Waals surface area contributed by atoms with Crippen LogP contribution < -0.4 is 15.4 Å². The van der Waals surface area contributed by atoms with Crippen molar-refractivity contribution in [1.82, 2.24) is 5.32 Å². The highest BCUT2D eigenvalue weighted by atomic mass is 35.5. The van der Waals surface area contributed by atoms with Gasteiger partial charge in [-0.05, 0) is 54.8 Å². The Morgan fingerprint density at radius 1 is 1.03 bits per heavy atom. The Morgan fingerprint density at radius 2 is 1.71 bits per heavy atom. The van der Waals surface area contributed by atoms with Gasteiger partial charge in [-0.1, -0.05) is 37.0 Å². The summed E-state index contributed by atoms with van der Waals surface area (Å²) in [5.74, 6) is -1.09. The zero-order chi connectivity index (χ0) is 23.0. The molecule has 0 aliphatic rings. The van der Waals surface area contributed by atoms with E-state index < -0.39 is 30.4 Å². The number of amides is 2. The second-order valence-electron chi connectivity index (χ2n) is 7.17. The van der Waals surface area contributed by atoms with Crippen molar-refractivity contribution >= 4 is 46.7 Å². The lowest BCUT2D eigenvalue weighted by Gasteiger charge is -2.19. The summed E-state index contributed by atoms with van der Waals surface area (Å²) in [4.78, 5) is 37.1. The first-order chi connectivity index (χ1) is 14.7. The van der Waals surface area contributed by atoms with Gasteiger partial charge >= 0.3 is 5.97 Å². The molecular formula is C22H24Cl2N2O5. The Hall–Kier alpha value is -2.77. The smallest absolute Gasteiger partial charge is 0.329 e. The molecule has 0 saturated carbocycles. The molecule has 0 bridgehead atoms. The van der Waals surface area contributed by atoms with Crippen molar-refractivity contribution in [2.75, 3.05) is 19.0 Å². The van der Waals surface area contributed by atoms with Crippen molar-refractivity contribution in [3.8, 4) is 5.75 Å². The zero-order valence-corrected chi connectivity index (χ0v) is 18.9. The molecule has 9 heteroatoms. The Balaban J connectivity index is 1.95. The summed E-state index contributed by atoms with van der Waals surface area (Å²) in [7, 11) is 1.48. The lowest BCUT2D eigenvalue weighted by atomic mass is 10.0. The maximum Gasteiger partial charge on any atom is 0.329 e. The molecule has 1 atom stereocenters. The Morgan fingerprint density at radius 3 is 2.29 bits per heavy atom. The molecule has 0 unspecified atom stereocenters. The van der Waals surface area contributed by atoms with Crippen LogP contribution >= 0.6 is 23.2 Å². The van der Waals surface area contributed by atoms with Crippen LogP contribution in [0.1, 0.15) is 30.6 Å². The molecule has 2 rings (SSSR count). The molecule has 0 aromatic heterocycles. The van der Waals surface area contributed by atoms with Gasteiger partial charge in [0.05, 0.1) is 12.1 Å². The number of hydrogen-bond donors (Lipinski definition) is 2. The number of hydrogen-bond acceptors (Lipinski definition) is 5. The molecular weight excluding hydrogens is 443 g/mol. The van der Waals surface area contributed by atoms with Crippen molar-refractivity contribution < 1.29 is 23.9 Å². The second-order valence-corrected chi connectivity index (χ2v) is 8.01. The van der Waals surface area contributed by atoms with Crippen molar-refractivity contribution in [3.63, 3.8) is 0 Å². The molecule has 0 spiro atoms. The number of esters is 1. The lowest BCUT2D eigenvalue weighted by Crippen LogP contribution is -2.43. The minimum Gasteiger partial charge on any atom is -0.495 e. The molecule has 0 aliphatic carbocycles. The zero-order valence-electron chi connectivity index (χ0n) is 17.4. The fourth-order valence-corrected chi connectivity index (χ4v) is 3.09. The molecule has 2 aromatic rings. The fraction of sp³-hybridized carbons (Fsp3) is 0.318.